The van der Waals surface area contributed by atoms with Crippen LogP contribution in [0.2, 0.25) is 0 Å². The maximum absolute atomic E-state index is 12.0. The third-order valence-corrected chi connectivity index (χ3v) is 3.33. The number of Topliss-reactive ketones (excluding diaryl/α,β-unsaturated/α-hetero) is 1. The van der Waals surface area contributed by atoms with E-state index in [1.165, 1.54) is 6.42 Å². The Kier molecular flexibility index (Phi) is 3.21. The van der Waals surface area contributed by atoms with E-state index in [4.69, 9.17) is 0 Å². The summed E-state index contributed by atoms with van der Waals surface area (Å²) >= 11 is 3.34. The van der Waals surface area contributed by atoms with E-state index in [1.807, 2.05) is 0 Å². The van der Waals surface area contributed by atoms with Crippen LogP contribution in [0.4, 0.5) is 0 Å². The SMILES string of the molecule is Cn1ncc(Br)c1C(=O)CC1CCCN1. The van der Waals surface area contributed by atoms with Crippen molar-refractivity contribution in [2.45, 2.75) is 25.3 Å². The molecule has 0 spiro atoms. The lowest BCUT2D eigenvalue weighted by molar-refractivity contribution is 0.0961. The monoisotopic (exact) mass is 271 g/mol. The third-order valence-electron chi connectivity index (χ3n) is 2.75. The van der Waals surface area contributed by atoms with E-state index in [2.05, 4.69) is 26.3 Å². The normalized spacial score (nSPS) is 20.8. The summed E-state index contributed by atoms with van der Waals surface area (Å²) in [5.41, 5.74) is 0.670. The van der Waals surface area contributed by atoms with Gasteiger partial charge in [-0.05, 0) is 35.3 Å². The fourth-order valence-corrected chi connectivity index (χ4v) is 2.55. The molecule has 1 unspecified atom stereocenters. The zero-order chi connectivity index (χ0) is 10.8. The minimum atomic E-state index is 0.154. The van der Waals surface area contributed by atoms with Crippen molar-refractivity contribution in [2.75, 3.05) is 6.54 Å². The van der Waals surface area contributed by atoms with E-state index in [1.54, 1.807) is 17.9 Å². The van der Waals surface area contributed by atoms with Crippen molar-refractivity contribution >= 4 is 21.7 Å². The number of aromatic nitrogens is 2. The van der Waals surface area contributed by atoms with Gasteiger partial charge in [-0.2, -0.15) is 5.10 Å². The number of nitrogens with one attached hydrogen (secondary N) is 1. The predicted molar refractivity (Wildman–Crippen MR) is 60.9 cm³/mol. The van der Waals surface area contributed by atoms with Gasteiger partial charge in [0.2, 0.25) is 0 Å². The van der Waals surface area contributed by atoms with Gasteiger partial charge < -0.3 is 5.32 Å². The van der Waals surface area contributed by atoms with Crippen molar-refractivity contribution in [1.82, 2.24) is 15.1 Å². The smallest absolute Gasteiger partial charge is 0.183 e. The Bertz CT molecular complexity index is 349. The molecule has 0 saturated carbocycles. The fourth-order valence-electron chi connectivity index (χ4n) is 1.98. The van der Waals surface area contributed by atoms with Crippen molar-refractivity contribution in [1.29, 1.82) is 0 Å². The van der Waals surface area contributed by atoms with Gasteiger partial charge in [0, 0.05) is 19.5 Å². The summed E-state index contributed by atoms with van der Waals surface area (Å²) in [4.78, 5) is 12.0. The second-order valence-corrected chi connectivity index (χ2v) is 4.74. The molecule has 82 valence electrons. The molecule has 0 radical (unpaired) electrons. The molecule has 0 amide bonds. The first-order chi connectivity index (χ1) is 7.18. The number of hydrogen-bond acceptors (Lipinski definition) is 3. The van der Waals surface area contributed by atoms with Crippen LogP contribution in [0.1, 0.15) is 29.8 Å². The lowest BCUT2D eigenvalue weighted by Gasteiger charge is -2.09. The Balaban J connectivity index is 2.07. The van der Waals surface area contributed by atoms with Gasteiger partial charge in [0.15, 0.2) is 5.78 Å². The van der Waals surface area contributed by atoms with E-state index in [0.29, 0.717) is 18.2 Å². The molecule has 1 aromatic heterocycles. The van der Waals surface area contributed by atoms with Crippen LogP contribution < -0.4 is 5.32 Å². The highest BCUT2D eigenvalue weighted by molar-refractivity contribution is 9.10. The number of hydrogen-bond donors (Lipinski definition) is 1. The van der Waals surface area contributed by atoms with Gasteiger partial charge in [0.05, 0.1) is 10.7 Å². The zero-order valence-corrected chi connectivity index (χ0v) is 10.2. The van der Waals surface area contributed by atoms with E-state index < -0.39 is 0 Å². The highest BCUT2D eigenvalue weighted by atomic mass is 79.9. The first kappa shape index (κ1) is 10.8. The predicted octanol–water partition coefficient (Wildman–Crippen LogP) is 1.51. The van der Waals surface area contributed by atoms with Crippen molar-refractivity contribution in [3.63, 3.8) is 0 Å². The second-order valence-electron chi connectivity index (χ2n) is 3.89. The van der Waals surface area contributed by atoms with Gasteiger partial charge in [-0.1, -0.05) is 0 Å². The van der Waals surface area contributed by atoms with Crippen molar-refractivity contribution in [3.05, 3.63) is 16.4 Å². The maximum atomic E-state index is 12.0. The van der Waals surface area contributed by atoms with Crippen LogP contribution in [0.3, 0.4) is 0 Å². The summed E-state index contributed by atoms with van der Waals surface area (Å²) < 4.78 is 2.41. The van der Waals surface area contributed by atoms with Crippen LogP contribution in [0.15, 0.2) is 10.7 Å². The highest BCUT2D eigenvalue weighted by Crippen LogP contribution is 2.19. The minimum absolute atomic E-state index is 0.154. The molecular weight excluding hydrogens is 258 g/mol. The first-order valence-electron chi connectivity index (χ1n) is 5.12. The summed E-state index contributed by atoms with van der Waals surface area (Å²) in [6.45, 7) is 1.03. The number of aryl methyl sites for hydroxylation is 1. The lowest BCUT2D eigenvalue weighted by atomic mass is 10.1. The van der Waals surface area contributed by atoms with Crippen molar-refractivity contribution in [3.8, 4) is 0 Å². The Hall–Kier alpha value is -0.680. The van der Waals surface area contributed by atoms with E-state index >= 15 is 0 Å². The van der Waals surface area contributed by atoms with Gasteiger partial charge in [0.1, 0.15) is 5.69 Å². The van der Waals surface area contributed by atoms with E-state index in [0.717, 1.165) is 17.4 Å². The molecule has 2 rings (SSSR count). The van der Waals surface area contributed by atoms with Crippen LogP contribution in [0.5, 0.6) is 0 Å². The number of ketones is 1. The largest absolute Gasteiger partial charge is 0.314 e. The lowest BCUT2D eigenvalue weighted by Crippen LogP contribution is -2.25. The van der Waals surface area contributed by atoms with Crippen LogP contribution in [0.25, 0.3) is 0 Å². The summed E-state index contributed by atoms with van der Waals surface area (Å²) in [5, 5.41) is 7.36. The van der Waals surface area contributed by atoms with Crippen molar-refractivity contribution in [2.24, 2.45) is 7.05 Å². The molecule has 4 nitrogen and oxygen atoms in total. The molecule has 1 atom stereocenters. The molecular formula is C10H14BrN3O. The van der Waals surface area contributed by atoms with Crippen LogP contribution in [0, 0.1) is 0 Å². The Labute approximate surface area is 97.2 Å². The van der Waals surface area contributed by atoms with Crippen LogP contribution in [-0.2, 0) is 7.05 Å². The third kappa shape index (κ3) is 2.29. The molecule has 15 heavy (non-hydrogen) atoms. The minimum Gasteiger partial charge on any atom is -0.314 e. The number of halogens is 1. The molecule has 1 saturated heterocycles. The molecule has 0 aromatic carbocycles. The Morgan fingerprint density at radius 3 is 3.13 bits per heavy atom. The standard InChI is InChI=1S/C10H14BrN3O/c1-14-10(8(11)6-13-14)9(15)5-7-3-2-4-12-7/h6-7,12H,2-5H2,1H3. The molecule has 1 aliphatic heterocycles. The van der Waals surface area contributed by atoms with E-state index in [9.17, 15) is 4.79 Å². The van der Waals surface area contributed by atoms with E-state index in [-0.39, 0.29) is 5.78 Å². The quantitative estimate of drug-likeness (QED) is 0.848. The van der Waals surface area contributed by atoms with Gasteiger partial charge in [-0.25, -0.2) is 0 Å². The Morgan fingerprint density at radius 1 is 1.80 bits per heavy atom. The highest BCUT2D eigenvalue weighted by Gasteiger charge is 2.22. The Morgan fingerprint density at radius 2 is 2.60 bits per heavy atom. The maximum Gasteiger partial charge on any atom is 0.183 e. The van der Waals surface area contributed by atoms with Gasteiger partial charge in [-0.3, -0.25) is 9.48 Å². The van der Waals surface area contributed by atoms with Gasteiger partial charge >= 0.3 is 0 Å². The molecule has 5 heteroatoms. The van der Waals surface area contributed by atoms with Crippen molar-refractivity contribution < 1.29 is 4.79 Å². The topological polar surface area (TPSA) is 46.9 Å². The number of carbonyl (C=O) groups excluding carboxylic acids is 1. The summed E-state index contributed by atoms with van der Waals surface area (Å²) in [5.74, 6) is 0.154. The average Bonchev–Trinajstić information content (AvgIpc) is 2.77. The molecule has 1 aliphatic rings. The number of nitrogens with zero attached hydrogens (tertiary/aromatic N) is 2. The summed E-state index contributed by atoms with van der Waals surface area (Å²) in [6, 6.07) is 0.347. The van der Waals surface area contributed by atoms with Gasteiger partial charge in [0.25, 0.3) is 0 Å². The average molecular weight is 272 g/mol. The molecule has 2 heterocycles. The number of carbonyl (C=O) groups is 1. The first-order valence-corrected chi connectivity index (χ1v) is 5.92. The second kappa shape index (κ2) is 4.45. The summed E-state index contributed by atoms with van der Waals surface area (Å²) in [6.07, 6.45) is 4.50. The van der Waals surface area contributed by atoms with Gasteiger partial charge in [-0.15, -0.1) is 0 Å². The zero-order valence-electron chi connectivity index (χ0n) is 8.66. The van der Waals surface area contributed by atoms with Crippen LogP contribution >= 0.6 is 15.9 Å². The fraction of sp³-hybridized carbons (Fsp3) is 0.600. The molecule has 0 aliphatic carbocycles. The number of rotatable bonds is 3. The molecule has 0 bridgehead atoms. The summed E-state index contributed by atoms with van der Waals surface area (Å²) in [7, 11) is 1.79. The molecule has 1 fully saturated rings. The molecule has 1 N–H and O–H groups in total. The van der Waals surface area contributed by atoms with Crippen LogP contribution in [-0.4, -0.2) is 28.2 Å². The molecule has 1 aromatic rings.